The number of benzene rings is 4. The summed E-state index contributed by atoms with van der Waals surface area (Å²) in [5.41, 5.74) is 4.86. The van der Waals surface area contributed by atoms with Gasteiger partial charge in [-0.05, 0) is 47.5 Å². The molecule has 1 aromatic heterocycles. The van der Waals surface area contributed by atoms with Crippen molar-refractivity contribution in [2.75, 3.05) is 4.72 Å². The van der Waals surface area contributed by atoms with E-state index >= 15 is 0 Å². The van der Waals surface area contributed by atoms with Gasteiger partial charge in [-0.1, -0.05) is 66.7 Å². The Morgan fingerprint density at radius 3 is 2.45 bits per heavy atom. The second-order valence-electron chi connectivity index (χ2n) is 9.78. The largest absolute Gasteiger partial charge is 0.392 e. The van der Waals surface area contributed by atoms with Crippen molar-refractivity contribution < 1.29 is 23.0 Å². The summed E-state index contributed by atoms with van der Waals surface area (Å²) in [6.45, 7) is 0.547. The minimum Gasteiger partial charge on any atom is -0.392 e. The molecule has 3 atom stereocenters. The van der Waals surface area contributed by atoms with E-state index in [1.54, 1.807) is 48.5 Å². The summed E-state index contributed by atoms with van der Waals surface area (Å²) in [4.78, 5) is 4.70. The molecule has 4 aromatic carbocycles. The first-order valence-electron chi connectivity index (χ1n) is 13.1. The number of nitrogens with one attached hydrogen (secondary N) is 1. The zero-order valence-electron chi connectivity index (χ0n) is 21.6. The lowest BCUT2D eigenvalue weighted by Crippen LogP contribution is -2.32. The molecule has 0 bridgehead atoms. The fraction of sp³-hybridized carbons (Fsp3) is 0.194. The van der Waals surface area contributed by atoms with Gasteiger partial charge in [-0.15, -0.1) is 0 Å². The van der Waals surface area contributed by atoms with Crippen LogP contribution < -0.4 is 4.72 Å². The van der Waals surface area contributed by atoms with Crippen molar-refractivity contribution in [1.29, 1.82) is 0 Å². The van der Waals surface area contributed by atoms with Crippen LogP contribution >= 0.6 is 0 Å². The number of sulfonamides is 1. The first-order valence-corrected chi connectivity index (χ1v) is 14.6. The van der Waals surface area contributed by atoms with E-state index in [0.717, 1.165) is 22.2 Å². The topological polar surface area (TPSA) is 103 Å². The van der Waals surface area contributed by atoms with Crippen LogP contribution in [0.4, 0.5) is 5.69 Å². The highest BCUT2D eigenvalue weighted by Gasteiger charge is 2.33. The van der Waals surface area contributed by atoms with Crippen LogP contribution in [0.15, 0.2) is 114 Å². The molecule has 3 unspecified atom stereocenters. The van der Waals surface area contributed by atoms with Gasteiger partial charge in [0, 0.05) is 17.7 Å². The summed E-state index contributed by atoms with van der Waals surface area (Å²) in [7, 11) is -3.75. The Kier molecular flexibility index (Phi) is 7.36. The molecule has 1 saturated heterocycles. The van der Waals surface area contributed by atoms with Crippen LogP contribution in [0.1, 0.15) is 35.5 Å². The van der Waals surface area contributed by atoms with Crippen molar-refractivity contribution in [3.8, 4) is 0 Å². The Balaban J connectivity index is 1.28. The Morgan fingerprint density at radius 2 is 1.65 bits per heavy atom. The Morgan fingerprint density at radius 1 is 0.875 bits per heavy atom. The number of ether oxygens (including phenoxy) is 2. The van der Waals surface area contributed by atoms with Crippen LogP contribution in [0, 0.1) is 0 Å². The highest BCUT2D eigenvalue weighted by atomic mass is 32.2. The summed E-state index contributed by atoms with van der Waals surface area (Å²) in [5.74, 6) is 0. The number of nitrogens with zero attached hydrogens (tertiary/aromatic N) is 2. The Bertz CT molecular complexity index is 1700. The number of para-hydroxylation sites is 2. The van der Waals surface area contributed by atoms with Crippen molar-refractivity contribution in [2.45, 2.75) is 43.0 Å². The van der Waals surface area contributed by atoms with Gasteiger partial charge in [0.05, 0.1) is 47.6 Å². The van der Waals surface area contributed by atoms with Gasteiger partial charge in [0.1, 0.15) is 0 Å². The summed E-state index contributed by atoms with van der Waals surface area (Å²) < 4.78 is 43.5. The molecule has 0 saturated carbocycles. The average Bonchev–Trinajstić information content (AvgIpc) is 3.40. The summed E-state index contributed by atoms with van der Waals surface area (Å²) in [5, 5.41) is 9.47. The molecule has 1 fully saturated rings. The van der Waals surface area contributed by atoms with Crippen molar-refractivity contribution in [3.63, 3.8) is 0 Å². The maximum absolute atomic E-state index is 12.9. The maximum atomic E-state index is 12.9. The van der Waals surface area contributed by atoms with Crippen LogP contribution in [-0.4, -0.2) is 29.2 Å². The molecule has 0 radical (unpaired) electrons. The SMILES string of the molecule is O=S(=O)(Nc1cccc(C2OC(Cn3cnc4ccccc43)CC(c3ccc(CO)cc3)O2)c1)c1ccccc1. The van der Waals surface area contributed by atoms with Gasteiger partial charge >= 0.3 is 0 Å². The smallest absolute Gasteiger partial charge is 0.261 e. The Labute approximate surface area is 232 Å². The molecule has 40 heavy (non-hydrogen) atoms. The molecule has 2 heterocycles. The number of aromatic nitrogens is 2. The number of aliphatic hydroxyl groups excluding tert-OH is 1. The third-order valence-electron chi connectivity index (χ3n) is 7.01. The van der Waals surface area contributed by atoms with Crippen molar-refractivity contribution in [3.05, 3.63) is 126 Å². The number of aliphatic hydroxyl groups is 1. The van der Waals surface area contributed by atoms with Gasteiger partial charge in [-0.25, -0.2) is 13.4 Å². The lowest BCUT2D eigenvalue weighted by atomic mass is 10.00. The first-order chi connectivity index (χ1) is 19.5. The highest BCUT2D eigenvalue weighted by molar-refractivity contribution is 7.92. The minimum absolute atomic E-state index is 0.0282. The highest BCUT2D eigenvalue weighted by Crippen LogP contribution is 2.39. The van der Waals surface area contributed by atoms with Crippen molar-refractivity contribution >= 4 is 26.7 Å². The predicted octanol–water partition coefficient (Wildman–Crippen LogP) is 5.58. The predicted molar refractivity (Wildman–Crippen MR) is 152 cm³/mol. The lowest BCUT2D eigenvalue weighted by molar-refractivity contribution is -0.252. The van der Waals surface area contributed by atoms with E-state index in [-0.39, 0.29) is 23.7 Å². The molecule has 8 nitrogen and oxygen atoms in total. The van der Waals surface area contributed by atoms with E-state index < -0.39 is 16.3 Å². The zero-order valence-corrected chi connectivity index (χ0v) is 22.4. The molecule has 2 N–H and O–H groups in total. The van der Waals surface area contributed by atoms with Crippen molar-refractivity contribution in [2.24, 2.45) is 0 Å². The second kappa shape index (κ2) is 11.2. The van der Waals surface area contributed by atoms with Gasteiger partial charge in [0.25, 0.3) is 10.0 Å². The molecule has 6 rings (SSSR count). The van der Waals surface area contributed by atoms with Gasteiger partial charge in [-0.2, -0.15) is 0 Å². The van der Waals surface area contributed by atoms with Gasteiger partial charge in [-0.3, -0.25) is 4.72 Å². The second-order valence-corrected chi connectivity index (χ2v) is 11.5. The van der Waals surface area contributed by atoms with Crippen LogP contribution in [-0.2, 0) is 32.6 Å². The standard InChI is InChI=1S/C31H29N3O5S/c35-20-22-13-15-23(16-14-22)30-18-26(19-34-21-32-28-11-4-5-12-29(28)34)38-31(39-30)24-7-6-8-25(17-24)33-40(36,37)27-9-2-1-3-10-27/h1-17,21,26,30-31,33,35H,18-20H2. The third-order valence-corrected chi connectivity index (χ3v) is 8.40. The van der Waals surface area contributed by atoms with E-state index in [1.165, 1.54) is 0 Å². The van der Waals surface area contributed by atoms with E-state index in [4.69, 9.17) is 9.47 Å². The molecule has 0 amide bonds. The summed E-state index contributed by atoms with van der Waals surface area (Å²) in [6.07, 6.45) is 1.24. The minimum atomic E-state index is -3.75. The normalized spacial score (nSPS) is 19.5. The molecular weight excluding hydrogens is 526 g/mol. The molecule has 204 valence electrons. The average molecular weight is 556 g/mol. The number of anilines is 1. The van der Waals surface area contributed by atoms with E-state index in [9.17, 15) is 13.5 Å². The molecule has 9 heteroatoms. The summed E-state index contributed by atoms with van der Waals surface area (Å²) >= 11 is 0. The van der Waals surface area contributed by atoms with Gasteiger partial charge in [0.15, 0.2) is 6.29 Å². The molecule has 1 aliphatic heterocycles. The summed E-state index contributed by atoms with van der Waals surface area (Å²) in [6, 6.07) is 31.0. The fourth-order valence-corrected chi connectivity index (χ4v) is 6.04. The van der Waals surface area contributed by atoms with E-state index in [1.807, 2.05) is 60.9 Å². The quantitative estimate of drug-likeness (QED) is 0.259. The first kappa shape index (κ1) is 26.2. The number of rotatable bonds is 8. The number of hydrogen-bond donors (Lipinski definition) is 2. The molecule has 5 aromatic rings. The maximum Gasteiger partial charge on any atom is 0.261 e. The lowest BCUT2D eigenvalue weighted by Gasteiger charge is -2.36. The number of hydrogen-bond acceptors (Lipinski definition) is 6. The van der Waals surface area contributed by atoms with Crippen LogP contribution in [0.3, 0.4) is 0 Å². The van der Waals surface area contributed by atoms with Crippen LogP contribution in [0.2, 0.25) is 0 Å². The zero-order chi connectivity index (χ0) is 27.5. The van der Waals surface area contributed by atoms with Crippen LogP contribution in [0.5, 0.6) is 0 Å². The van der Waals surface area contributed by atoms with E-state index in [2.05, 4.69) is 14.3 Å². The number of imidazole rings is 1. The number of fused-ring (bicyclic) bond motifs is 1. The fourth-order valence-electron chi connectivity index (χ4n) is 4.97. The molecular formula is C31H29N3O5S. The molecule has 0 spiro atoms. The van der Waals surface area contributed by atoms with Crippen molar-refractivity contribution in [1.82, 2.24) is 9.55 Å². The van der Waals surface area contributed by atoms with Crippen LogP contribution in [0.25, 0.3) is 11.0 Å². The third kappa shape index (κ3) is 5.64. The van der Waals surface area contributed by atoms with E-state index in [0.29, 0.717) is 24.2 Å². The van der Waals surface area contributed by atoms with Gasteiger partial charge < -0.3 is 19.1 Å². The molecule has 0 aliphatic carbocycles. The monoisotopic (exact) mass is 555 g/mol. The van der Waals surface area contributed by atoms with Gasteiger partial charge in [0.2, 0.25) is 0 Å². The Hall–Kier alpha value is -4.02. The molecule has 1 aliphatic rings.